The van der Waals surface area contributed by atoms with Crippen molar-refractivity contribution in [1.82, 2.24) is 4.98 Å². The van der Waals surface area contributed by atoms with E-state index in [2.05, 4.69) is 15.6 Å². The standard InChI is InChI=1S/C15H16FN3O/c1-3-18-14-9-17-7-6-11(14)15(20)19-13-5-4-10(2)8-12(13)16/h4-9,18H,3H2,1-2H3,(H,19,20). The Morgan fingerprint density at radius 3 is 2.80 bits per heavy atom. The zero-order valence-electron chi connectivity index (χ0n) is 11.4. The van der Waals surface area contributed by atoms with Gasteiger partial charge in [0.25, 0.3) is 5.91 Å². The van der Waals surface area contributed by atoms with Gasteiger partial charge >= 0.3 is 0 Å². The van der Waals surface area contributed by atoms with Crippen molar-refractivity contribution in [1.29, 1.82) is 0 Å². The number of nitrogens with zero attached hydrogens (tertiary/aromatic N) is 1. The van der Waals surface area contributed by atoms with Gasteiger partial charge in [-0.2, -0.15) is 0 Å². The average molecular weight is 273 g/mol. The van der Waals surface area contributed by atoms with Gasteiger partial charge < -0.3 is 10.6 Å². The molecular formula is C15H16FN3O. The molecule has 104 valence electrons. The van der Waals surface area contributed by atoms with Crippen molar-refractivity contribution in [3.63, 3.8) is 0 Å². The highest BCUT2D eigenvalue weighted by Crippen LogP contribution is 2.19. The van der Waals surface area contributed by atoms with Crippen LogP contribution < -0.4 is 10.6 Å². The molecule has 0 atom stereocenters. The maximum Gasteiger partial charge on any atom is 0.257 e. The number of carbonyl (C=O) groups excluding carboxylic acids is 1. The molecule has 0 aliphatic heterocycles. The Labute approximate surface area is 117 Å². The number of aromatic nitrogens is 1. The molecule has 1 heterocycles. The smallest absolute Gasteiger partial charge is 0.257 e. The molecule has 1 aromatic heterocycles. The van der Waals surface area contributed by atoms with Crippen LogP contribution >= 0.6 is 0 Å². The zero-order valence-corrected chi connectivity index (χ0v) is 11.4. The van der Waals surface area contributed by atoms with Gasteiger partial charge in [0.1, 0.15) is 5.82 Å². The van der Waals surface area contributed by atoms with Crippen molar-refractivity contribution in [3.8, 4) is 0 Å². The number of anilines is 2. The molecule has 0 aliphatic carbocycles. The van der Waals surface area contributed by atoms with Crippen LogP contribution in [0.2, 0.25) is 0 Å². The van der Waals surface area contributed by atoms with E-state index < -0.39 is 5.82 Å². The number of pyridine rings is 1. The Morgan fingerprint density at radius 1 is 1.30 bits per heavy atom. The third-order valence-electron chi connectivity index (χ3n) is 2.81. The first-order valence-corrected chi connectivity index (χ1v) is 6.37. The molecule has 0 spiro atoms. The summed E-state index contributed by atoms with van der Waals surface area (Å²) in [5.74, 6) is -0.816. The maximum absolute atomic E-state index is 13.7. The number of hydrogen-bond acceptors (Lipinski definition) is 3. The van der Waals surface area contributed by atoms with Crippen molar-refractivity contribution in [3.05, 3.63) is 53.6 Å². The Kier molecular flexibility index (Phi) is 4.30. The summed E-state index contributed by atoms with van der Waals surface area (Å²) in [4.78, 5) is 16.2. The lowest BCUT2D eigenvalue weighted by Gasteiger charge is -2.11. The molecule has 1 amide bonds. The number of halogens is 1. The topological polar surface area (TPSA) is 54.0 Å². The Morgan fingerprint density at radius 2 is 2.10 bits per heavy atom. The van der Waals surface area contributed by atoms with Gasteiger partial charge in [0.2, 0.25) is 0 Å². The Bertz CT molecular complexity index is 628. The van der Waals surface area contributed by atoms with Crippen LogP contribution in [0.1, 0.15) is 22.8 Å². The largest absolute Gasteiger partial charge is 0.383 e. The van der Waals surface area contributed by atoms with E-state index in [1.807, 2.05) is 6.92 Å². The van der Waals surface area contributed by atoms with Crippen LogP contribution in [0.5, 0.6) is 0 Å². The van der Waals surface area contributed by atoms with E-state index >= 15 is 0 Å². The van der Waals surface area contributed by atoms with Crippen molar-refractivity contribution < 1.29 is 9.18 Å². The van der Waals surface area contributed by atoms with Gasteiger partial charge in [-0.3, -0.25) is 9.78 Å². The molecule has 20 heavy (non-hydrogen) atoms. The van der Waals surface area contributed by atoms with Gasteiger partial charge in [-0.05, 0) is 37.6 Å². The average Bonchev–Trinajstić information content (AvgIpc) is 2.43. The Hall–Kier alpha value is -2.43. The lowest BCUT2D eigenvalue weighted by atomic mass is 10.2. The Balaban J connectivity index is 2.24. The molecule has 0 aliphatic rings. The second kappa shape index (κ2) is 6.14. The van der Waals surface area contributed by atoms with Crippen LogP contribution in [0.4, 0.5) is 15.8 Å². The summed E-state index contributed by atoms with van der Waals surface area (Å²) in [5.41, 5.74) is 2.03. The predicted octanol–water partition coefficient (Wildman–Crippen LogP) is 3.21. The molecule has 0 saturated carbocycles. The van der Waals surface area contributed by atoms with E-state index in [1.54, 1.807) is 31.3 Å². The van der Waals surface area contributed by atoms with Crippen LogP contribution in [0.3, 0.4) is 0 Å². The molecule has 2 rings (SSSR count). The van der Waals surface area contributed by atoms with Gasteiger partial charge in [-0.25, -0.2) is 4.39 Å². The summed E-state index contributed by atoms with van der Waals surface area (Å²) in [7, 11) is 0. The number of nitrogens with one attached hydrogen (secondary N) is 2. The molecular weight excluding hydrogens is 257 g/mol. The molecule has 2 aromatic rings. The van der Waals surface area contributed by atoms with E-state index in [9.17, 15) is 9.18 Å². The molecule has 0 unspecified atom stereocenters. The van der Waals surface area contributed by atoms with E-state index in [0.717, 1.165) is 5.56 Å². The van der Waals surface area contributed by atoms with Gasteiger partial charge in [0.15, 0.2) is 0 Å². The minimum absolute atomic E-state index is 0.167. The molecule has 0 radical (unpaired) electrons. The van der Waals surface area contributed by atoms with Crippen molar-refractivity contribution in [2.45, 2.75) is 13.8 Å². The third-order valence-corrected chi connectivity index (χ3v) is 2.81. The number of rotatable bonds is 4. The van der Waals surface area contributed by atoms with E-state index in [4.69, 9.17) is 0 Å². The highest BCUT2D eigenvalue weighted by molar-refractivity contribution is 6.07. The highest BCUT2D eigenvalue weighted by atomic mass is 19.1. The summed E-state index contributed by atoms with van der Waals surface area (Å²) in [5, 5.41) is 5.62. The second-order valence-corrected chi connectivity index (χ2v) is 4.39. The number of benzene rings is 1. The lowest BCUT2D eigenvalue weighted by molar-refractivity contribution is 0.102. The van der Waals surface area contributed by atoms with Crippen LogP contribution in [-0.4, -0.2) is 17.4 Å². The number of carbonyl (C=O) groups is 1. The van der Waals surface area contributed by atoms with E-state index in [0.29, 0.717) is 17.8 Å². The first kappa shape index (κ1) is 14.0. The first-order chi connectivity index (χ1) is 9.61. The SMILES string of the molecule is CCNc1cnccc1C(=O)Nc1ccc(C)cc1F. The fraction of sp³-hybridized carbons (Fsp3) is 0.200. The maximum atomic E-state index is 13.7. The minimum Gasteiger partial charge on any atom is -0.383 e. The summed E-state index contributed by atoms with van der Waals surface area (Å²) >= 11 is 0. The number of amides is 1. The predicted molar refractivity (Wildman–Crippen MR) is 77.5 cm³/mol. The van der Waals surface area contributed by atoms with E-state index in [-0.39, 0.29) is 11.6 Å². The highest BCUT2D eigenvalue weighted by Gasteiger charge is 2.13. The molecule has 0 bridgehead atoms. The molecule has 4 nitrogen and oxygen atoms in total. The third kappa shape index (κ3) is 3.12. The van der Waals surface area contributed by atoms with Crippen molar-refractivity contribution >= 4 is 17.3 Å². The van der Waals surface area contributed by atoms with E-state index in [1.165, 1.54) is 12.3 Å². The minimum atomic E-state index is -0.447. The van der Waals surface area contributed by atoms with Gasteiger partial charge in [0, 0.05) is 12.7 Å². The molecule has 0 saturated heterocycles. The second-order valence-electron chi connectivity index (χ2n) is 4.39. The monoisotopic (exact) mass is 273 g/mol. The molecule has 2 N–H and O–H groups in total. The van der Waals surface area contributed by atoms with Crippen molar-refractivity contribution in [2.75, 3.05) is 17.2 Å². The fourth-order valence-electron chi connectivity index (χ4n) is 1.83. The van der Waals surface area contributed by atoms with Gasteiger partial charge in [-0.15, -0.1) is 0 Å². The van der Waals surface area contributed by atoms with Crippen LogP contribution in [0.15, 0.2) is 36.7 Å². The summed E-state index contributed by atoms with van der Waals surface area (Å²) < 4.78 is 13.7. The van der Waals surface area contributed by atoms with Crippen molar-refractivity contribution in [2.24, 2.45) is 0 Å². The fourth-order valence-corrected chi connectivity index (χ4v) is 1.83. The molecule has 1 aromatic carbocycles. The summed E-state index contributed by atoms with van der Waals surface area (Å²) in [6.07, 6.45) is 3.10. The van der Waals surface area contributed by atoms with Crippen LogP contribution in [0.25, 0.3) is 0 Å². The first-order valence-electron chi connectivity index (χ1n) is 6.37. The van der Waals surface area contributed by atoms with Crippen LogP contribution in [-0.2, 0) is 0 Å². The zero-order chi connectivity index (χ0) is 14.5. The number of hydrogen-bond donors (Lipinski definition) is 2. The molecule has 0 fully saturated rings. The molecule has 5 heteroatoms. The lowest BCUT2D eigenvalue weighted by Crippen LogP contribution is -2.15. The van der Waals surface area contributed by atoms with Crippen LogP contribution in [0, 0.1) is 12.7 Å². The summed E-state index contributed by atoms with van der Waals surface area (Å²) in [6.45, 7) is 4.39. The van der Waals surface area contributed by atoms with Gasteiger partial charge in [0.05, 0.1) is 23.1 Å². The normalized spacial score (nSPS) is 10.2. The summed E-state index contributed by atoms with van der Waals surface area (Å²) in [6, 6.07) is 6.28. The number of aryl methyl sites for hydroxylation is 1. The van der Waals surface area contributed by atoms with Gasteiger partial charge in [-0.1, -0.05) is 6.07 Å². The quantitative estimate of drug-likeness (QED) is 0.899.